The van der Waals surface area contributed by atoms with Crippen LogP contribution < -0.4 is 10.0 Å². The molecule has 2 atom stereocenters. The highest BCUT2D eigenvalue weighted by Gasteiger charge is 2.28. The van der Waals surface area contributed by atoms with Crippen LogP contribution in [0.3, 0.4) is 0 Å². The summed E-state index contributed by atoms with van der Waals surface area (Å²) in [6.45, 7) is 3.80. The Morgan fingerprint density at radius 3 is 2.41 bits per heavy atom. The quantitative estimate of drug-likeness (QED) is 0.671. The second-order valence-corrected chi connectivity index (χ2v) is 8.78. The van der Waals surface area contributed by atoms with Crippen LogP contribution in [-0.2, 0) is 21.2 Å². The first-order chi connectivity index (χ1) is 12.7. The predicted molar refractivity (Wildman–Crippen MR) is 109 cm³/mol. The molecule has 5 nitrogen and oxygen atoms in total. The number of sulfonamides is 1. The van der Waals surface area contributed by atoms with E-state index in [4.69, 9.17) is 23.2 Å². The summed E-state index contributed by atoms with van der Waals surface area (Å²) in [5, 5.41) is 3.10. The van der Waals surface area contributed by atoms with Crippen LogP contribution in [0, 0.1) is 0 Å². The molecular formula is C19H22Cl2N2O3S. The van der Waals surface area contributed by atoms with Gasteiger partial charge >= 0.3 is 0 Å². The van der Waals surface area contributed by atoms with E-state index in [2.05, 4.69) is 10.0 Å². The minimum Gasteiger partial charge on any atom is -0.352 e. The molecule has 2 aromatic carbocycles. The lowest BCUT2D eigenvalue weighted by molar-refractivity contribution is -0.123. The summed E-state index contributed by atoms with van der Waals surface area (Å²) in [6, 6.07) is 12.3. The van der Waals surface area contributed by atoms with Gasteiger partial charge in [-0.2, -0.15) is 4.72 Å². The Hall–Kier alpha value is -1.60. The van der Waals surface area contributed by atoms with Gasteiger partial charge in [0, 0.05) is 11.1 Å². The highest BCUT2D eigenvalue weighted by molar-refractivity contribution is 7.89. The van der Waals surface area contributed by atoms with E-state index in [1.807, 2.05) is 44.2 Å². The van der Waals surface area contributed by atoms with E-state index in [-0.39, 0.29) is 27.4 Å². The first kappa shape index (κ1) is 21.7. The zero-order chi connectivity index (χ0) is 20.0. The molecule has 0 aliphatic carbocycles. The van der Waals surface area contributed by atoms with Crippen molar-refractivity contribution in [1.82, 2.24) is 10.0 Å². The number of carbonyl (C=O) groups excluding carboxylic acids is 1. The molecule has 27 heavy (non-hydrogen) atoms. The summed E-state index contributed by atoms with van der Waals surface area (Å²) < 4.78 is 28.1. The summed E-state index contributed by atoms with van der Waals surface area (Å²) in [4.78, 5) is 12.5. The van der Waals surface area contributed by atoms with Gasteiger partial charge in [-0.3, -0.25) is 4.79 Å². The zero-order valence-electron chi connectivity index (χ0n) is 15.1. The van der Waals surface area contributed by atoms with Crippen molar-refractivity contribution in [3.63, 3.8) is 0 Å². The lowest BCUT2D eigenvalue weighted by Crippen LogP contribution is -2.50. The van der Waals surface area contributed by atoms with Gasteiger partial charge in [-0.15, -0.1) is 0 Å². The van der Waals surface area contributed by atoms with Gasteiger partial charge in [0.1, 0.15) is 10.9 Å². The third-order valence-electron chi connectivity index (χ3n) is 4.08. The minimum absolute atomic E-state index is 0.0349. The number of nitrogens with one attached hydrogen (secondary N) is 2. The number of hydrogen-bond donors (Lipinski definition) is 2. The molecule has 0 unspecified atom stereocenters. The molecule has 0 radical (unpaired) electrons. The van der Waals surface area contributed by atoms with Crippen molar-refractivity contribution in [1.29, 1.82) is 0 Å². The maximum Gasteiger partial charge on any atom is 0.242 e. The SMILES string of the molecule is CC[C@H](C)NC(=O)[C@H](Cc1ccccc1)NS(=O)(=O)c1cc(Cl)ccc1Cl. The van der Waals surface area contributed by atoms with Gasteiger partial charge in [0.15, 0.2) is 0 Å². The van der Waals surface area contributed by atoms with Gasteiger partial charge in [0.25, 0.3) is 0 Å². The first-order valence-electron chi connectivity index (χ1n) is 8.54. The molecule has 2 N–H and O–H groups in total. The summed E-state index contributed by atoms with van der Waals surface area (Å²) in [6.07, 6.45) is 0.942. The molecular weight excluding hydrogens is 407 g/mol. The average molecular weight is 429 g/mol. The van der Waals surface area contributed by atoms with Gasteiger partial charge in [-0.05, 0) is 43.5 Å². The number of benzene rings is 2. The highest BCUT2D eigenvalue weighted by atomic mass is 35.5. The normalized spacial score (nSPS) is 13.8. The van der Waals surface area contributed by atoms with Gasteiger partial charge in [0.05, 0.1) is 5.02 Å². The molecule has 8 heteroatoms. The third-order valence-corrected chi connectivity index (χ3v) is 6.27. The van der Waals surface area contributed by atoms with E-state index in [1.165, 1.54) is 18.2 Å². The van der Waals surface area contributed by atoms with Crippen molar-refractivity contribution in [3.8, 4) is 0 Å². The monoisotopic (exact) mass is 428 g/mol. The smallest absolute Gasteiger partial charge is 0.242 e. The van der Waals surface area contributed by atoms with Crippen LogP contribution >= 0.6 is 23.2 Å². The van der Waals surface area contributed by atoms with Crippen LogP contribution in [0.15, 0.2) is 53.4 Å². The fourth-order valence-electron chi connectivity index (χ4n) is 2.42. The molecule has 2 rings (SSSR count). The molecule has 0 aliphatic heterocycles. The van der Waals surface area contributed by atoms with Crippen LogP contribution in [0.1, 0.15) is 25.8 Å². The van der Waals surface area contributed by atoms with E-state index >= 15 is 0 Å². The van der Waals surface area contributed by atoms with Gasteiger partial charge in [-0.25, -0.2) is 8.42 Å². The zero-order valence-corrected chi connectivity index (χ0v) is 17.4. The molecule has 2 aromatic rings. The molecule has 0 bridgehead atoms. The molecule has 0 saturated heterocycles. The first-order valence-corrected chi connectivity index (χ1v) is 10.8. The molecule has 0 aliphatic rings. The summed E-state index contributed by atoms with van der Waals surface area (Å²) in [7, 11) is -4.05. The van der Waals surface area contributed by atoms with Gasteiger partial charge < -0.3 is 5.32 Å². The Morgan fingerprint density at radius 2 is 1.78 bits per heavy atom. The number of rotatable bonds is 8. The third kappa shape index (κ3) is 6.21. The fraction of sp³-hybridized carbons (Fsp3) is 0.316. The lowest BCUT2D eigenvalue weighted by Gasteiger charge is -2.21. The summed E-state index contributed by atoms with van der Waals surface area (Å²) in [5.74, 6) is -0.394. The van der Waals surface area contributed by atoms with E-state index in [0.29, 0.717) is 0 Å². The molecule has 0 aromatic heterocycles. The summed E-state index contributed by atoms with van der Waals surface area (Å²) >= 11 is 11.9. The average Bonchev–Trinajstić information content (AvgIpc) is 2.63. The maximum absolute atomic E-state index is 12.8. The number of carbonyl (C=O) groups is 1. The number of halogens is 2. The Labute approximate surface area is 170 Å². The summed E-state index contributed by atoms with van der Waals surface area (Å²) in [5.41, 5.74) is 0.835. The van der Waals surface area contributed by atoms with Crippen molar-refractivity contribution in [2.75, 3.05) is 0 Å². The van der Waals surface area contributed by atoms with Crippen LogP contribution in [0.2, 0.25) is 10.0 Å². The molecule has 146 valence electrons. The van der Waals surface area contributed by atoms with Crippen LogP contribution in [0.25, 0.3) is 0 Å². The molecule has 0 saturated carbocycles. The van der Waals surface area contributed by atoms with Gasteiger partial charge in [-0.1, -0.05) is 60.5 Å². The van der Waals surface area contributed by atoms with Crippen molar-refractivity contribution in [2.45, 2.75) is 43.7 Å². The minimum atomic E-state index is -4.05. The second kappa shape index (κ2) is 9.55. The van der Waals surface area contributed by atoms with Crippen LogP contribution in [0.4, 0.5) is 0 Å². The fourth-order valence-corrected chi connectivity index (χ4v) is 4.37. The van der Waals surface area contributed by atoms with E-state index in [0.717, 1.165) is 12.0 Å². The van der Waals surface area contributed by atoms with Crippen molar-refractivity contribution in [3.05, 3.63) is 64.1 Å². The second-order valence-electron chi connectivity index (χ2n) is 6.26. The largest absolute Gasteiger partial charge is 0.352 e. The lowest BCUT2D eigenvalue weighted by atomic mass is 10.1. The Balaban J connectivity index is 2.32. The molecule has 0 spiro atoms. The Kier molecular flexibility index (Phi) is 7.68. The molecule has 1 amide bonds. The van der Waals surface area contributed by atoms with Crippen molar-refractivity contribution in [2.24, 2.45) is 0 Å². The van der Waals surface area contributed by atoms with Crippen molar-refractivity contribution >= 4 is 39.1 Å². The Bertz CT molecular complexity index is 889. The van der Waals surface area contributed by atoms with Crippen molar-refractivity contribution < 1.29 is 13.2 Å². The standard InChI is InChI=1S/C19H22Cl2N2O3S/c1-3-13(2)22-19(24)17(11-14-7-5-4-6-8-14)23-27(25,26)18-12-15(20)9-10-16(18)21/h4-10,12-13,17,23H,3,11H2,1-2H3,(H,22,24)/t13-,17-/m0/s1. The molecule has 0 fully saturated rings. The predicted octanol–water partition coefficient (Wildman–Crippen LogP) is 3.80. The van der Waals surface area contributed by atoms with E-state index in [1.54, 1.807) is 0 Å². The van der Waals surface area contributed by atoms with E-state index in [9.17, 15) is 13.2 Å². The van der Waals surface area contributed by atoms with E-state index < -0.39 is 22.0 Å². The Morgan fingerprint density at radius 1 is 1.11 bits per heavy atom. The highest BCUT2D eigenvalue weighted by Crippen LogP contribution is 2.25. The topological polar surface area (TPSA) is 75.3 Å². The number of amides is 1. The number of hydrogen-bond acceptors (Lipinski definition) is 3. The molecule has 0 heterocycles. The van der Waals surface area contributed by atoms with Gasteiger partial charge in [0.2, 0.25) is 15.9 Å². The van der Waals surface area contributed by atoms with Crippen LogP contribution in [-0.4, -0.2) is 26.4 Å². The maximum atomic E-state index is 12.8. The van der Waals surface area contributed by atoms with Crippen LogP contribution in [0.5, 0.6) is 0 Å².